The minimum Gasteiger partial charge on any atom is -0.481 e. The number of amides is 1. The molecule has 1 amide bonds. The number of carbonyl (C=O) groups is 2. The maximum absolute atomic E-state index is 11.5. The van der Waals surface area contributed by atoms with Crippen LogP contribution < -0.4 is 5.32 Å². The minimum atomic E-state index is -0.791. The molecule has 0 heterocycles. The Morgan fingerprint density at radius 2 is 1.50 bits per heavy atom. The number of unbranched alkanes of at least 4 members (excludes halogenated alkanes) is 8. The van der Waals surface area contributed by atoms with Crippen LogP contribution in [0.5, 0.6) is 0 Å². The van der Waals surface area contributed by atoms with Crippen LogP contribution >= 0.6 is 0 Å². The average Bonchev–Trinajstić information content (AvgIpc) is 2.58. The highest BCUT2D eigenvalue weighted by Crippen LogP contribution is 2.09. The Bertz CT molecular complexity index is 416. The number of allylic oxidation sites excluding steroid dienone is 2. The van der Waals surface area contributed by atoms with Crippen molar-refractivity contribution in [3.8, 4) is 0 Å². The van der Waals surface area contributed by atoms with E-state index in [1.807, 2.05) is 6.08 Å². The normalized spacial score (nSPS) is 12.7. The number of aliphatic carboxylic acids is 1. The number of hydrogen-bond donors (Lipinski definition) is 3. The molecule has 0 rings (SSSR count). The van der Waals surface area contributed by atoms with Crippen LogP contribution in [0.3, 0.4) is 0 Å². The van der Waals surface area contributed by atoms with Crippen molar-refractivity contribution in [2.75, 3.05) is 6.54 Å². The van der Waals surface area contributed by atoms with E-state index in [1.54, 1.807) is 13.0 Å². The second kappa shape index (κ2) is 18.2. The van der Waals surface area contributed by atoms with Crippen molar-refractivity contribution in [1.82, 2.24) is 5.32 Å². The molecule has 150 valence electrons. The fourth-order valence-electron chi connectivity index (χ4n) is 2.50. The molecular formula is C21H37NO4. The minimum absolute atomic E-state index is 0.0935. The predicted octanol–water partition coefficient (Wildman–Crippen LogP) is 4.36. The lowest BCUT2D eigenvalue weighted by Crippen LogP contribution is -2.22. The Labute approximate surface area is 158 Å². The highest BCUT2D eigenvalue weighted by atomic mass is 16.4. The van der Waals surface area contributed by atoms with Gasteiger partial charge >= 0.3 is 5.97 Å². The zero-order valence-corrected chi connectivity index (χ0v) is 16.3. The molecule has 0 aromatic carbocycles. The summed E-state index contributed by atoms with van der Waals surface area (Å²) in [6.07, 6.45) is 18.9. The Kier molecular flexibility index (Phi) is 17.0. The van der Waals surface area contributed by atoms with Gasteiger partial charge in [-0.25, -0.2) is 0 Å². The molecule has 0 aromatic heterocycles. The molecule has 0 spiro atoms. The third kappa shape index (κ3) is 20.4. The molecule has 0 saturated heterocycles. The number of nitrogens with one attached hydrogen (secondary N) is 1. The van der Waals surface area contributed by atoms with Crippen molar-refractivity contribution in [2.24, 2.45) is 0 Å². The van der Waals surface area contributed by atoms with Crippen LogP contribution in [0.1, 0.15) is 84.0 Å². The van der Waals surface area contributed by atoms with Crippen molar-refractivity contribution in [1.29, 1.82) is 0 Å². The Balaban J connectivity index is 3.33. The summed E-state index contributed by atoms with van der Waals surface area (Å²) in [7, 11) is 0. The van der Waals surface area contributed by atoms with Gasteiger partial charge in [-0.1, -0.05) is 43.9 Å². The first-order valence-electron chi connectivity index (χ1n) is 10.0. The molecule has 0 aromatic rings. The van der Waals surface area contributed by atoms with Crippen molar-refractivity contribution in [2.45, 2.75) is 90.1 Å². The summed E-state index contributed by atoms with van der Waals surface area (Å²) in [6, 6.07) is 0. The van der Waals surface area contributed by atoms with Crippen molar-refractivity contribution in [3.63, 3.8) is 0 Å². The van der Waals surface area contributed by atoms with Crippen molar-refractivity contribution in [3.05, 3.63) is 24.3 Å². The summed E-state index contributed by atoms with van der Waals surface area (Å²) >= 11 is 0. The second-order valence-corrected chi connectivity index (χ2v) is 6.80. The lowest BCUT2D eigenvalue weighted by molar-refractivity contribution is -0.137. The van der Waals surface area contributed by atoms with E-state index in [1.165, 1.54) is 32.1 Å². The summed E-state index contributed by atoms with van der Waals surface area (Å²) in [4.78, 5) is 21.9. The number of carboxylic acids is 1. The van der Waals surface area contributed by atoms with Crippen molar-refractivity contribution >= 4 is 11.9 Å². The maximum atomic E-state index is 11.5. The standard InChI is InChI=1S/C21H37NO4/c1-19(23)15-11-9-7-5-3-2-4-6-8-10-12-16-20(24)22-18-14-13-17-21(25)26/h9,11-12,16,19,23H,2-8,10,13-15,17-18H2,1H3,(H,22,24)(H,25,26). The molecular weight excluding hydrogens is 330 g/mol. The number of aliphatic hydroxyl groups is 1. The van der Waals surface area contributed by atoms with Crippen LogP contribution in [0.15, 0.2) is 24.3 Å². The summed E-state index contributed by atoms with van der Waals surface area (Å²) in [5.74, 6) is -0.884. The van der Waals surface area contributed by atoms with Gasteiger partial charge in [0.05, 0.1) is 6.10 Å². The van der Waals surface area contributed by atoms with E-state index in [4.69, 9.17) is 10.2 Å². The Morgan fingerprint density at radius 1 is 0.885 bits per heavy atom. The number of hydrogen-bond acceptors (Lipinski definition) is 3. The Hall–Kier alpha value is -1.62. The molecule has 0 aliphatic rings. The molecule has 5 heteroatoms. The molecule has 0 aliphatic heterocycles. The molecule has 1 atom stereocenters. The maximum Gasteiger partial charge on any atom is 0.303 e. The van der Waals surface area contributed by atoms with Crippen LogP contribution in [0.4, 0.5) is 0 Å². The van der Waals surface area contributed by atoms with E-state index in [2.05, 4.69) is 17.5 Å². The first-order valence-corrected chi connectivity index (χ1v) is 10.0. The van der Waals surface area contributed by atoms with Gasteiger partial charge in [0.1, 0.15) is 0 Å². The monoisotopic (exact) mass is 367 g/mol. The number of carboxylic acid groups (broad SMARTS) is 1. The summed E-state index contributed by atoms with van der Waals surface area (Å²) in [5, 5.41) is 20.4. The SMILES string of the molecule is CC(O)CC=CCCCCCCCCC=CC(=O)NCCCCC(=O)O. The molecule has 26 heavy (non-hydrogen) atoms. The summed E-state index contributed by atoms with van der Waals surface area (Å²) < 4.78 is 0. The Morgan fingerprint density at radius 3 is 2.12 bits per heavy atom. The van der Waals surface area contributed by atoms with E-state index in [9.17, 15) is 9.59 Å². The number of rotatable bonds is 17. The third-order valence-electron chi connectivity index (χ3n) is 4.02. The highest BCUT2D eigenvalue weighted by molar-refractivity contribution is 5.87. The zero-order chi connectivity index (χ0) is 19.5. The molecule has 0 radical (unpaired) electrons. The topological polar surface area (TPSA) is 86.6 Å². The van der Waals surface area contributed by atoms with Gasteiger partial charge < -0.3 is 15.5 Å². The van der Waals surface area contributed by atoms with Gasteiger partial charge in [-0.05, 0) is 57.9 Å². The first kappa shape index (κ1) is 24.4. The zero-order valence-electron chi connectivity index (χ0n) is 16.3. The van der Waals surface area contributed by atoms with Gasteiger partial charge in [0.2, 0.25) is 5.91 Å². The first-order chi connectivity index (χ1) is 12.5. The van der Waals surface area contributed by atoms with Crippen LogP contribution in [0.2, 0.25) is 0 Å². The molecule has 1 unspecified atom stereocenters. The second-order valence-electron chi connectivity index (χ2n) is 6.80. The van der Waals surface area contributed by atoms with Gasteiger partial charge in [0, 0.05) is 13.0 Å². The quantitative estimate of drug-likeness (QED) is 0.202. The van der Waals surface area contributed by atoms with Crippen molar-refractivity contribution < 1.29 is 19.8 Å². The van der Waals surface area contributed by atoms with Gasteiger partial charge in [-0.15, -0.1) is 0 Å². The van der Waals surface area contributed by atoms with E-state index in [0.717, 1.165) is 25.7 Å². The van der Waals surface area contributed by atoms with Crippen LogP contribution in [0, 0.1) is 0 Å². The number of carbonyl (C=O) groups excluding carboxylic acids is 1. The molecule has 0 aliphatic carbocycles. The van der Waals surface area contributed by atoms with E-state index >= 15 is 0 Å². The van der Waals surface area contributed by atoms with E-state index < -0.39 is 5.97 Å². The molecule has 0 bridgehead atoms. The van der Waals surface area contributed by atoms with Gasteiger partial charge in [0.15, 0.2) is 0 Å². The van der Waals surface area contributed by atoms with Crippen LogP contribution in [0.25, 0.3) is 0 Å². The largest absolute Gasteiger partial charge is 0.481 e. The molecule has 3 N–H and O–H groups in total. The highest BCUT2D eigenvalue weighted by Gasteiger charge is 1.98. The van der Waals surface area contributed by atoms with Crippen LogP contribution in [-0.4, -0.2) is 34.7 Å². The lowest BCUT2D eigenvalue weighted by atomic mass is 10.1. The van der Waals surface area contributed by atoms with E-state index in [-0.39, 0.29) is 18.4 Å². The van der Waals surface area contributed by atoms with Crippen LogP contribution in [-0.2, 0) is 9.59 Å². The fraction of sp³-hybridized carbons (Fsp3) is 0.714. The van der Waals surface area contributed by atoms with E-state index in [0.29, 0.717) is 19.4 Å². The fourth-order valence-corrected chi connectivity index (χ4v) is 2.50. The predicted molar refractivity (Wildman–Crippen MR) is 106 cm³/mol. The average molecular weight is 368 g/mol. The van der Waals surface area contributed by atoms with Gasteiger partial charge in [0.25, 0.3) is 0 Å². The summed E-state index contributed by atoms with van der Waals surface area (Å²) in [6.45, 7) is 2.34. The smallest absolute Gasteiger partial charge is 0.303 e. The lowest BCUT2D eigenvalue weighted by Gasteiger charge is -2.01. The molecule has 0 fully saturated rings. The summed E-state index contributed by atoms with van der Waals surface area (Å²) in [5.41, 5.74) is 0. The van der Waals surface area contributed by atoms with Gasteiger partial charge in [-0.3, -0.25) is 9.59 Å². The molecule has 0 saturated carbocycles. The molecule has 5 nitrogen and oxygen atoms in total. The van der Waals surface area contributed by atoms with Gasteiger partial charge in [-0.2, -0.15) is 0 Å². The number of aliphatic hydroxyl groups excluding tert-OH is 1. The third-order valence-corrected chi connectivity index (χ3v) is 4.02.